The van der Waals surface area contributed by atoms with E-state index >= 15 is 0 Å². The molecule has 7 nitrogen and oxygen atoms in total. The molecule has 0 unspecified atom stereocenters. The third-order valence-electron chi connectivity index (χ3n) is 4.40. The zero-order valence-corrected chi connectivity index (χ0v) is 16.0. The molecule has 1 heterocycles. The van der Waals surface area contributed by atoms with Gasteiger partial charge >= 0.3 is 5.97 Å². The monoisotopic (exact) mass is 418 g/mol. The summed E-state index contributed by atoms with van der Waals surface area (Å²) in [5, 5.41) is 10.8. The van der Waals surface area contributed by atoms with E-state index in [2.05, 4.69) is 4.99 Å². The zero-order chi connectivity index (χ0) is 21.8. The molecule has 0 N–H and O–H groups in total. The van der Waals surface area contributed by atoms with Crippen molar-refractivity contribution in [3.05, 3.63) is 111 Å². The number of halogens is 1. The number of aliphatic imine (C=N–C) groups is 1. The summed E-state index contributed by atoms with van der Waals surface area (Å²) in [4.78, 5) is 26.6. The van der Waals surface area contributed by atoms with Crippen LogP contribution in [0.15, 0.2) is 83.5 Å². The highest BCUT2D eigenvalue weighted by atomic mass is 19.1. The van der Waals surface area contributed by atoms with Gasteiger partial charge in [-0.2, -0.15) is 0 Å². The number of esters is 1. The lowest BCUT2D eigenvalue weighted by molar-refractivity contribution is -0.384. The molecule has 1 aliphatic rings. The Morgan fingerprint density at radius 3 is 2.58 bits per heavy atom. The molecule has 154 valence electrons. The Morgan fingerprint density at radius 1 is 1.06 bits per heavy atom. The van der Waals surface area contributed by atoms with Crippen LogP contribution in [0.25, 0.3) is 6.08 Å². The molecule has 0 fully saturated rings. The molecule has 31 heavy (non-hydrogen) atoms. The molecule has 0 radical (unpaired) electrons. The summed E-state index contributed by atoms with van der Waals surface area (Å²) in [6, 6.07) is 18.8. The Bertz CT molecular complexity index is 1220. The third-order valence-corrected chi connectivity index (χ3v) is 4.40. The predicted octanol–water partition coefficient (Wildman–Crippen LogP) is 4.66. The second kappa shape index (κ2) is 8.58. The highest BCUT2D eigenvalue weighted by Gasteiger charge is 2.24. The van der Waals surface area contributed by atoms with Crippen LogP contribution in [0.3, 0.4) is 0 Å². The van der Waals surface area contributed by atoms with Crippen LogP contribution < -0.4 is 4.74 Å². The average molecular weight is 418 g/mol. The van der Waals surface area contributed by atoms with E-state index in [1.165, 1.54) is 30.3 Å². The number of ether oxygens (including phenoxy) is 2. The topological polar surface area (TPSA) is 91.0 Å². The first-order valence-corrected chi connectivity index (χ1v) is 9.23. The molecular weight excluding hydrogens is 403 g/mol. The minimum absolute atomic E-state index is 0.00434. The molecule has 0 saturated carbocycles. The Hall–Kier alpha value is -4.33. The highest BCUT2D eigenvalue weighted by molar-refractivity contribution is 6.12. The molecule has 4 rings (SSSR count). The highest BCUT2D eigenvalue weighted by Crippen LogP contribution is 2.22. The summed E-state index contributed by atoms with van der Waals surface area (Å²) < 4.78 is 24.2. The molecule has 1 aliphatic heterocycles. The zero-order valence-electron chi connectivity index (χ0n) is 16.0. The van der Waals surface area contributed by atoms with Crippen LogP contribution in [0.1, 0.15) is 16.7 Å². The number of non-ortho nitro benzene ring substituents is 1. The van der Waals surface area contributed by atoms with E-state index in [4.69, 9.17) is 9.47 Å². The molecule has 8 heteroatoms. The van der Waals surface area contributed by atoms with Crippen molar-refractivity contribution in [2.75, 3.05) is 0 Å². The van der Waals surface area contributed by atoms with Crippen LogP contribution in [0.4, 0.5) is 10.1 Å². The van der Waals surface area contributed by atoms with Gasteiger partial charge in [0.2, 0.25) is 5.90 Å². The second-order valence-corrected chi connectivity index (χ2v) is 6.63. The van der Waals surface area contributed by atoms with E-state index in [0.717, 1.165) is 0 Å². The van der Waals surface area contributed by atoms with Gasteiger partial charge in [0.05, 0.1) is 4.92 Å². The fourth-order valence-electron chi connectivity index (χ4n) is 2.90. The van der Waals surface area contributed by atoms with E-state index in [1.807, 2.05) is 0 Å². The number of carbonyl (C=O) groups excluding carboxylic acids is 1. The van der Waals surface area contributed by atoms with Gasteiger partial charge in [-0.1, -0.05) is 30.3 Å². The van der Waals surface area contributed by atoms with Gasteiger partial charge < -0.3 is 9.47 Å². The average Bonchev–Trinajstić information content (AvgIpc) is 3.14. The molecular formula is C23H15FN2O5. The fraction of sp³-hybridized carbons (Fsp3) is 0.0435. The van der Waals surface area contributed by atoms with Crippen molar-refractivity contribution in [3.8, 4) is 5.75 Å². The van der Waals surface area contributed by atoms with Gasteiger partial charge in [0.25, 0.3) is 5.69 Å². The van der Waals surface area contributed by atoms with Crippen molar-refractivity contribution < 1.29 is 23.6 Å². The lowest BCUT2D eigenvalue weighted by atomic mass is 10.2. The SMILES string of the molecule is O=C1OC(c2cccc(F)c2)=N/C1=C\c1ccc(OCc2cccc([N+](=O)[O-])c2)cc1. The number of benzene rings is 3. The molecule has 0 saturated heterocycles. The first-order chi connectivity index (χ1) is 15.0. The van der Waals surface area contributed by atoms with Crippen LogP contribution >= 0.6 is 0 Å². The normalized spacial score (nSPS) is 14.3. The van der Waals surface area contributed by atoms with Crippen molar-refractivity contribution in [2.45, 2.75) is 6.61 Å². The van der Waals surface area contributed by atoms with E-state index in [1.54, 1.807) is 48.5 Å². The van der Waals surface area contributed by atoms with Gasteiger partial charge in [0, 0.05) is 17.7 Å². The molecule has 0 bridgehead atoms. The smallest absolute Gasteiger partial charge is 0.363 e. The maximum absolute atomic E-state index is 13.4. The van der Waals surface area contributed by atoms with E-state index in [-0.39, 0.29) is 23.9 Å². The summed E-state index contributed by atoms with van der Waals surface area (Å²) in [6.45, 7) is 0.176. The Morgan fingerprint density at radius 2 is 1.84 bits per heavy atom. The number of nitro groups is 1. The molecule has 0 spiro atoms. The molecule has 3 aromatic carbocycles. The summed E-state index contributed by atoms with van der Waals surface area (Å²) in [5.74, 6) is -0.459. The molecule has 0 aromatic heterocycles. The molecule has 0 atom stereocenters. The van der Waals surface area contributed by atoms with Crippen LogP contribution in [0, 0.1) is 15.9 Å². The first kappa shape index (κ1) is 20.0. The lowest BCUT2D eigenvalue weighted by Crippen LogP contribution is -2.05. The van der Waals surface area contributed by atoms with Crippen LogP contribution in [-0.2, 0) is 16.1 Å². The fourth-order valence-corrected chi connectivity index (χ4v) is 2.90. The van der Waals surface area contributed by atoms with Gasteiger partial charge in [-0.3, -0.25) is 10.1 Å². The summed E-state index contributed by atoms with van der Waals surface area (Å²) in [7, 11) is 0. The van der Waals surface area contributed by atoms with Crippen LogP contribution in [0.2, 0.25) is 0 Å². The van der Waals surface area contributed by atoms with Crippen molar-refractivity contribution in [2.24, 2.45) is 4.99 Å². The first-order valence-electron chi connectivity index (χ1n) is 9.23. The van der Waals surface area contributed by atoms with E-state index < -0.39 is 16.7 Å². The number of nitro benzene ring substituents is 1. The third kappa shape index (κ3) is 4.81. The summed E-state index contributed by atoms with van der Waals surface area (Å²) in [6.07, 6.45) is 1.55. The maximum atomic E-state index is 13.4. The Balaban J connectivity index is 1.44. The molecule has 0 amide bonds. The summed E-state index contributed by atoms with van der Waals surface area (Å²) >= 11 is 0. The van der Waals surface area contributed by atoms with Gasteiger partial charge in [0.15, 0.2) is 5.70 Å². The largest absolute Gasteiger partial charge is 0.489 e. The minimum atomic E-state index is -0.620. The van der Waals surface area contributed by atoms with Crippen molar-refractivity contribution in [1.82, 2.24) is 0 Å². The standard InChI is InChI=1S/C23H15FN2O5/c24-18-5-2-4-17(13-18)22-25-21(23(27)31-22)12-15-7-9-20(10-8-15)30-14-16-3-1-6-19(11-16)26(28)29/h1-13H,14H2/b21-12-. The minimum Gasteiger partial charge on any atom is -0.489 e. The van der Waals surface area contributed by atoms with E-state index in [9.17, 15) is 19.3 Å². The number of hydrogen-bond donors (Lipinski definition) is 0. The number of hydrogen-bond acceptors (Lipinski definition) is 6. The summed E-state index contributed by atoms with van der Waals surface area (Å²) in [5.41, 5.74) is 1.85. The van der Waals surface area contributed by atoms with Gasteiger partial charge in [0.1, 0.15) is 18.2 Å². The predicted molar refractivity (Wildman–Crippen MR) is 111 cm³/mol. The number of rotatable bonds is 6. The van der Waals surface area contributed by atoms with Gasteiger partial charge in [-0.05, 0) is 47.5 Å². The van der Waals surface area contributed by atoms with Crippen molar-refractivity contribution in [3.63, 3.8) is 0 Å². The quantitative estimate of drug-likeness (QED) is 0.251. The number of carbonyl (C=O) groups is 1. The van der Waals surface area contributed by atoms with Crippen LogP contribution in [0.5, 0.6) is 5.75 Å². The second-order valence-electron chi connectivity index (χ2n) is 6.63. The molecule has 0 aliphatic carbocycles. The van der Waals surface area contributed by atoms with Crippen molar-refractivity contribution >= 4 is 23.6 Å². The number of cyclic esters (lactones) is 1. The Labute approximate surface area is 176 Å². The van der Waals surface area contributed by atoms with Crippen LogP contribution in [-0.4, -0.2) is 16.8 Å². The van der Waals surface area contributed by atoms with Gasteiger partial charge in [-0.25, -0.2) is 14.2 Å². The number of nitrogens with zero attached hydrogens (tertiary/aromatic N) is 2. The molecule has 3 aromatic rings. The van der Waals surface area contributed by atoms with Crippen molar-refractivity contribution in [1.29, 1.82) is 0 Å². The van der Waals surface area contributed by atoms with E-state index in [0.29, 0.717) is 22.4 Å². The maximum Gasteiger partial charge on any atom is 0.363 e. The Kier molecular flexibility index (Phi) is 5.53. The van der Waals surface area contributed by atoms with Gasteiger partial charge in [-0.15, -0.1) is 0 Å². The lowest BCUT2D eigenvalue weighted by Gasteiger charge is -2.06.